The van der Waals surface area contributed by atoms with Gasteiger partial charge in [0.2, 0.25) is 5.95 Å². The Morgan fingerprint density at radius 1 is 1.37 bits per heavy atom. The molecule has 0 saturated carbocycles. The summed E-state index contributed by atoms with van der Waals surface area (Å²) in [4.78, 5) is 6.24. The van der Waals surface area contributed by atoms with Crippen molar-refractivity contribution < 1.29 is 9.13 Å². The summed E-state index contributed by atoms with van der Waals surface area (Å²) < 4.78 is 20.5. The van der Waals surface area contributed by atoms with Crippen LogP contribution < -0.4 is 5.73 Å². The van der Waals surface area contributed by atoms with Gasteiger partial charge in [-0.3, -0.25) is 0 Å². The monoisotopic (exact) mass is 266 g/mol. The first kappa shape index (κ1) is 13.8. The van der Waals surface area contributed by atoms with Crippen molar-refractivity contribution in [3.05, 3.63) is 24.0 Å². The molecule has 0 aliphatic heterocycles. The third-order valence-corrected chi connectivity index (χ3v) is 2.88. The zero-order valence-corrected chi connectivity index (χ0v) is 11.3. The average Bonchev–Trinajstić information content (AvgIpc) is 2.65. The normalized spacial score (nSPS) is 11.6. The van der Waals surface area contributed by atoms with Gasteiger partial charge in [0.25, 0.3) is 0 Å². The molecular weight excluding hydrogens is 247 g/mol. The molecule has 0 fully saturated rings. The second-order valence-electron chi connectivity index (χ2n) is 4.67. The summed E-state index contributed by atoms with van der Waals surface area (Å²) in [7, 11) is 3.99. The summed E-state index contributed by atoms with van der Waals surface area (Å²) in [6, 6.07) is 4.45. The molecule has 0 amide bonds. The van der Waals surface area contributed by atoms with E-state index in [2.05, 4.69) is 9.88 Å². The van der Waals surface area contributed by atoms with Crippen LogP contribution in [0.15, 0.2) is 18.2 Å². The number of fused-ring (bicyclic) bond motifs is 1. The van der Waals surface area contributed by atoms with Gasteiger partial charge >= 0.3 is 0 Å². The van der Waals surface area contributed by atoms with Gasteiger partial charge in [-0.1, -0.05) is 0 Å². The van der Waals surface area contributed by atoms with Gasteiger partial charge in [-0.2, -0.15) is 0 Å². The van der Waals surface area contributed by atoms with E-state index < -0.39 is 0 Å². The Kier molecular flexibility index (Phi) is 4.34. The van der Waals surface area contributed by atoms with Crippen molar-refractivity contribution in [2.45, 2.75) is 6.54 Å². The van der Waals surface area contributed by atoms with Gasteiger partial charge in [-0.25, -0.2) is 9.37 Å². The largest absolute Gasteiger partial charge is 0.378 e. The number of benzene rings is 1. The maximum Gasteiger partial charge on any atom is 0.201 e. The maximum atomic E-state index is 13.2. The van der Waals surface area contributed by atoms with E-state index >= 15 is 0 Å². The fourth-order valence-electron chi connectivity index (χ4n) is 1.85. The topological polar surface area (TPSA) is 56.3 Å². The van der Waals surface area contributed by atoms with Crippen LogP contribution in [0.5, 0.6) is 0 Å². The Hall–Kier alpha value is -1.66. The van der Waals surface area contributed by atoms with Crippen molar-refractivity contribution in [2.24, 2.45) is 0 Å². The van der Waals surface area contributed by atoms with E-state index in [9.17, 15) is 4.39 Å². The first-order chi connectivity index (χ1) is 9.08. The van der Waals surface area contributed by atoms with E-state index in [-0.39, 0.29) is 5.82 Å². The minimum atomic E-state index is -0.290. The number of nitrogens with zero attached hydrogens (tertiary/aromatic N) is 3. The number of nitrogens with two attached hydrogens (primary N) is 1. The lowest BCUT2D eigenvalue weighted by Crippen LogP contribution is -2.19. The van der Waals surface area contributed by atoms with E-state index in [1.54, 1.807) is 10.6 Å². The molecule has 1 heterocycles. The van der Waals surface area contributed by atoms with Crippen LogP contribution in [0.1, 0.15) is 0 Å². The van der Waals surface area contributed by atoms with Crippen LogP contribution in [0, 0.1) is 5.82 Å². The van der Waals surface area contributed by atoms with Gasteiger partial charge in [0.05, 0.1) is 24.2 Å². The molecule has 104 valence electrons. The van der Waals surface area contributed by atoms with Crippen molar-refractivity contribution in [3.63, 3.8) is 0 Å². The quantitative estimate of drug-likeness (QED) is 0.802. The molecule has 0 aliphatic carbocycles. The number of ether oxygens (including phenoxy) is 1. The fourth-order valence-corrected chi connectivity index (χ4v) is 1.85. The number of hydrogen-bond donors (Lipinski definition) is 1. The molecular formula is C13H19FN4O. The molecule has 5 nitrogen and oxygen atoms in total. The standard InChI is InChI=1S/C13H19FN4O/c1-17(2)5-7-19-8-6-18-12-9-10(14)3-4-11(12)16-13(18)15/h3-4,9H,5-8H2,1-2H3,(H2,15,16). The van der Waals surface area contributed by atoms with Crippen LogP contribution in [0.3, 0.4) is 0 Å². The fraction of sp³-hybridized carbons (Fsp3) is 0.462. The number of aromatic nitrogens is 2. The number of anilines is 1. The zero-order valence-electron chi connectivity index (χ0n) is 11.3. The number of halogens is 1. The first-order valence-corrected chi connectivity index (χ1v) is 6.21. The highest BCUT2D eigenvalue weighted by molar-refractivity contribution is 5.78. The predicted molar refractivity (Wildman–Crippen MR) is 73.5 cm³/mol. The first-order valence-electron chi connectivity index (χ1n) is 6.21. The summed E-state index contributed by atoms with van der Waals surface area (Å²) in [6.45, 7) is 2.63. The summed E-state index contributed by atoms with van der Waals surface area (Å²) in [6.07, 6.45) is 0. The van der Waals surface area contributed by atoms with Gasteiger partial charge in [-0.05, 0) is 32.3 Å². The summed E-state index contributed by atoms with van der Waals surface area (Å²) in [5.41, 5.74) is 7.24. The van der Waals surface area contributed by atoms with Crippen molar-refractivity contribution in [1.29, 1.82) is 0 Å². The third-order valence-electron chi connectivity index (χ3n) is 2.88. The van der Waals surface area contributed by atoms with Crippen LogP contribution in [-0.4, -0.2) is 48.3 Å². The lowest BCUT2D eigenvalue weighted by molar-refractivity contribution is 0.112. The SMILES string of the molecule is CN(C)CCOCCn1c(N)nc2ccc(F)cc21. The molecule has 0 unspecified atom stereocenters. The van der Waals surface area contributed by atoms with E-state index in [0.29, 0.717) is 36.7 Å². The van der Waals surface area contributed by atoms with E-state index in [1.807, 2.05) is 14.1 Å². The van der Waals surface area contributed by atoms with E-state index in [0.717, 1.165) is 6.54 Å². The molecule has 0 spiro atoms. The van der Waals surface area contributed by atoms with Crippen molar-refractivity contribution in [1.82, 2.24) is 14.5 Å². The molecule has 2 rings (SSSR count). The molecule has 0 saturated heterocycles. The third kappa shape index (κ3) is 3.42. The van der Waals surface area contributed by atoms with Gasteiger partial charge in [0, 0.05) is 13.1 Å². The highest BCUT2D eigenvalue weighted by atomic mass is 19.1. The smallest absolute Gasteiger partial charge is 0.201 e. The second-order valence-corrected chi connectivity index (χ2v) is 4.67. The van der Waals surface area contributed by atoms with Crippen LogP contribution >= 0.6 is 0 Å². The van der Waals surface area contributed by atoms with Gasteiger partial charge in [-0.15, -0.1) is 0 Å². The van der Waals surface area contributed by atoms with Crippen molar-refractivity contribution in [2.75, 3.05) is 39.6 Å². The number of imidazole rings is 1. The Morgan fingerprint density at radius 3 is 2.89 bits per heavy atom. The number of rotatable bonds is 6. The Bertz CT molecular complexity index is 553. The number of nitrogen functional groups attached to an aromatic ring is 1. The van der Waals surface area contributed by atoms with E-state index in [4.69, 9.17) is 10.5 Å². The molecule has 6 heteroatoms. The highest BCUT2D eigenvalue weighted by Gasteiger charge is 2.08. The van der Waals surface area contributed by atoms with Gasteiger partial charge in [0.1, 0.15) is 5.82 Å². The van der Waals surface area contributed by atoms with Crippen LogP contribution in [-0.2, 0) is 11.3 Å². The lowest BCUT2D eigenvalue weighted by Gasteiger charge is -2.11. The Labute approximate surface area is 111 Å². The average molecular weight is 266 g/mol. The van der Waals surface area contributed by atoms with Gasteiger partial charge < -0.3 is 19.9 Å². The van der Waals surface area contributed by atoms with Crippen LogP contribution in [0.4, 0.5) is 10.3 Å². The summed E-state index contributed by atoms with van der Waals surface area (Å²) >= 11 is 0. The summed E-state index contributed by atoms with van der Waals surface area (Å²) in [5, 5.41) is 0. The van der Waals surface area contributed by atoms with Crippen molar-refractivity contribution >= 4 is 17.0 Å². The molecule has 0 radical (unpaired) electrons. The second kappa shape index (κ2) is 5.99. The Morgan fingerprint density at radius 2 is 2.16 bits per heavy atom. The minimum Gasteiger partial charge on any atom is -0.378 e. The van der Waals surface area contributed by atoms with Crippen LogP contribution in [0.2, 0.25) is 0 Å². The summed E-state index contributed by atoms with van der Waals surface area (Å²) in [5.74, 6) is 0.0963. The molecule has 0 bridgehead atoms. The molecule has 2 N–H and O–H groups in total. The molecule has 1 aromatic heterocycles. The molecule has 1 aromatic carbocycles. The lowest BCUT2D eigenvalue weighted by atomic mass is 10.3. The number of likely N-dealkylation sites (N-methyl/N-ethyl adjacent to an activating group) is 1. The molecule has 19 heavy (non-hydrogen) atoms. The zero-order chi connectivity index (χ0) is 13.8. The highest BCUT2D eigenvalue weighted by Crippen LogP contribution is 2.18. The molecule has 2 aromatic rings. The van der Waals surface area contributed by atoms with Crippen molar-refractivity contribution in [3.8, 4) is 0 Å². The van der Waals surface area contributed by atoms with E-state index in [1.165, 1.54) is 12.1 Å². The maximum absolute atomic E-state index is 13.2. The minimum absolute atomic E-state index is 0.290. The van der Waals surface area contributed by atoms with Gasteiger partial charge in [0.15, 0.2) is 0 Å². The predicted octanol–water partition coefficient (Wildman–Crippen LogP) is 1.34. The number of hydrogen-bond acceptors (Lipinski definition) is 4. The Balaban J connectivity index is 2.00. The molecule has 0 aliphatic rings. The van der Waals surface area contributed by atoms with Crippen LogP contribution in [0.25, 0.3) is 11.0 Å². The molecule has 0 atom stereocenters.